The van der Waals surface area contributed by atoms with Gasteiger partial charge in [-0.05, 0) is 61.4 Å². The van der Waals surface area contributed by atoms with Crippen molar-refractivity contribution in [2.24, 2.45) is 0 Å². The van der Waals surface area contributed by atoms with Gasteiger partial charge in [0.15, 0.2) is 0 Å². The van der Waals surface area contributed by atoms with Gasteiger partial charge in [0.05, 0.1) is 10.6 Å². The van der Waals surface area contributed by atoms with Gasteiger partial charge in [0.2, 0.25) is 0 Å². The third-order valence-corrected chi connectivity index (χ3v) is 5.82. The summed E-state index contributed by atoms with van der Waals surface area (Å²) in [6.07, 6.45) is 7.46. The second-order valence-corrected chi connectivity index (χ2v) is 7.40. The van der Waals surface area contributed by atoms with E-state index in [0.717, 1.165) is 40.0 Å². The summed E-state index contributed by atoms with van der Waals surface area (Å²) in [6.45, 7) is 4.15. The standard InChI is InChI=1S/C20H21N3OS/c1-14-8-12-25-19(14)20(24)22-17-5-6-18(23-10-3-2-4-11-23)15-7-9-21-13-16(15)17/h5-9,12-13H,2-4,10-11H2,1H3,(H,22,24). The number of fused-ring (bicyclic) bond motifs is 1. The monoisotopic (exact) mass is 351 g/mol. The molecule has 4 nitrogen and oxygen atoms in total. The number of carbonyl (C=O) groups excluding carboxylic acids is 1. The first-order chi connectivity index (χ1) is 12.2. The maximum Gasteiger partial charge on any atom is 0.266 e. The maximum absolute atomic E-state index is 12.6. The second-order valence-electron chi connectivity index (χ2n) is 6.49. The smallest absolute Gasteiger partial charge is 0.266 e. The van der Waals surface area contributed by atoms with Crippen LogP contribution in [0, 0.1) is 6.92 Å². The number of hydrogen-bond acceptors (Lipinski definition) is 4. The highest BCUT2D eigenvalue weighted by Gasteiger charge is 2.17. The van der Waals surface area contributed by atoms with Crippen molar-refractivity contribution in [3.05, 3.63) is 52.5 Å². The number of benzene rings is 1. The van der Waals surface area contributed by atoms with E-state index in [1.807, 2.05) is 42.9 Å². The van der Waals surface area contributed by atoms with Crippen LogP contribution in [0.2, 0.25) is 0 Å². The van der Waals surface area contributed by atoms with Gasteiger partial charge in [-0.2, -0.15) is 0 Å². The van der Waals surface area contributed by atoms with Crippen LogP contribution in [0.5, 0.6) is 0 Å². The molecule has 3 heterocycles. The van der Waals surface area contributed by atoms with Crippen molar-refractivity contribution in [3.8, 4) is 0 Å². The molecule has 25 heavy (non-hydrogen) atoms. The van der Waals surface area contributed by atoms with Gasteiger partial charge in [-0.15, -0.1) is 11.3 Å². The van der Waals surface area contributed by atoms with Crippen LogP contribution in [0.4, 0.5) is 11.4 Å². The molecule has 1 saturated heterocycles. The summed E-state index contributed by atoms with van der Waals surface area (Å²) >= 11 is 1.47. The van der Waals surface area contributed by atoms with E-state index < -0.39 is 0 Å². The van der Waals surface area contributed by atoms with Crippen LogP contribution in [0.15, 0.2) is 42.0 Å². The quantitative estimate of drug-likeness (QED) is 0.734. The molecule has 2 aromatic heterocycles. The summed E-state index contributed by atoms with van der Waals surface area (Å²) in [6, 6.07) is 8.16. The molecule has 0 spiro atoms. The summed E-state index contributed by atoms with van der Waals surface area (Å²) in [5, 5.41) is 7.16. The van der Waals surface area contributed by atoms with Crippen LogP contribution in [0.1, 0.15) is 34.5 Å². The summed E-state index contributed by atoms with van der Waals surface area (Å²) in [4.78, 5) is 20.1. The number of aromatic nitrogens is 1. The van der Waals surface area contributed by atoms with E-state index in [2.05, 4.69) is 21.3 Å². The highest BCUT2D eigenvalue weighted by atomic mass is 32.1. The van der Waals surface area contributed by atoms with Gasteiger partial charge >= 0.3 is 0 Å². The lowest BCUT2D eigenvalue weighted by Gasteiger charge is -2.30. The minimum absolute atomic E-state index is 0.0524. The Balaban J connectivity index is 1.71. The molecule has 4 rings (SSSR count). The summed E-state index contributed by atoms with van der Waals surface area (Å²) in [5.41, 5.74) is 3.07. The molecular formula is C20H21N3OS. The fourth-order valence-corrected chi connectivity index (χ4v) is 4.30. The average Bonchev–Trinajstić information content (AvgIpc) is 3.09. The van der Waals surface area contributed by atoms with Crippen LogP contribution in [-0.4, -0.2) is 24.0 Å². The number of rotatable bonds is 3. The van der Waals surface area contributed by atoms with E-state index in [4.69, 9.17) is 0 Å². The van der Waals surface area contributed by atoms with Crippen molar-refractivity contribution in [1.82, 2.24) is 4.98 Å². The predicted octanol–water partition coefficient (Wildman–Crippen LogP) is 4.85. The van der Waals surface area contributed by atoms with E-state index in [-0.39, 0.29) is 5.91 Å². The number of piperidine rings is 1. The third-order valence-electron chi connectivity index (χ3n) is 4.81. The zero-order valence-electron chi connectivity index (χ0n) is 14.3. The van der Waals surface area contributed by atoms with Crippen LogP contribution in [-0.2, 0) is 0 Å². The van der Waals surface area contributed by atoms with Crippen molar-refractivity contribution in [2.45, 2.75) is 26.2 Å². The van der Waals surface area contributed by atoms with Crippen LogP contribution in [0.3, 0.4) is 0 Å². The summed E-state index contributed by atoms with van der Waals surface area (Å²) in [5.74, 6) is -0.0524. The Kier molecular flexibility index (Phi) is 4.40. The summed E-state index contributed by atoms with van der Waals surface area (Å²) in [7, 11) is 0. The lowest BCUT2D eigenvalue weighted by atomic mass is 10.0. The molecule has 1 aliphatic rings. The topological polar surface area (TPSA) is 45.2 Å². The molecule has 0 atom stereocenters. The lowest BCUT2D eigenvalue weighted by Crippen LogP contribution is -2.29. The molecule has 1 aliphatic heterocycles. The van der Waals surface area contributed by atoms with Gasteiger partial charge in [-0.1, -0.05) is 0 Å². The molecule has 1 aromatic carbocycles. The molecule has 0 unspecified atom stereocenters. The largest absolute Gasteiger partial charge is 0.371 e. The molecule has 3 aromatic rings. The third kappa shape index (κ3) is 3.12. The van der Waals surface area contributed by atoms with Crippen molar-refractivity contribution < 1.29 is 4.79 Å². The number of thiophene rings is 1. The maximum atomic E-state index is 12.6. The van der Waals surface area contributed by atoms with Gasteiger partial charge in [0.1, 0.15) is 0 Å². The Bertz CT molecular complexity index is 912. The molecule has 0 bridgehead atoms. The van der Waals surface area contributed by atoms with Gasteiger partial charge < -0.3 is 10.2 Å². The summed E-state index contributed by atoms with van der Waals surface area (Å²) < 4.78 is 0. The minimum Gasteiger partial charge on any atom is -0.371 e. The van der Waals surface area contributed by atoms with Crippen LogP contribution < -0.4 is 10.2 Å². The highest BCUT2D eigenvalue weighted by Crippen LogP contribution is 2.33. The lowest BCUT2D eigenvalue weighted by molar-refractivity contribution is 0.103. The number of carbonyl (C=O) groups is 1. The average molecular weight is 351 g/mol. The van der Waals surface area contributed by atoms with Gasteiger partial charge in [-0.3, -0.25) is 9.78 Å². The van der Waals surface area contributed by atoms with Gasteiger partial charge in [0.25, 0.3) is 5.91 Å². The molecule has 0 radical (unpaired) electrons. The van der Waals surface area contributed by atoms with Crippen molar-refractivity contribution in [3.63, 3.8) is 0 Å². The molecule has 128 valence electrons. The zero-order valence-corrected chi connectivity index (χ0v) is 15.1. The minimum atomic E-state index is -0.0524. The Morgan fingerprint density at radius 3 is 2.72 bits per heavy atom. The Morgan fingerprint density at radius 2 is 1.96 bits per heavy atom. The van der Waals surface area contributed by atoms with Crippen LogP contribution in [0.25, 0.3) is 10.8 Å². The number of hydrogen-bond donors (Lipinski definition) is 1. The molecule has 1 N–H and O–H groups in total. The van der Waals surface area contributed by atoms with Crippen LogP contribution >= 0.6 is 11.3 Å². The zero-order chi connectivity index (χ0) is 17.2. The SMILES string of the molecule is Cc1ccsc1C(=O)Nc1ccc(N2CCCCC2)c2ccncc12. The predicted molar refractivity (Wildman–Crippen MR) is 105 cm³/mol. The molecule has 1 fully saturated rings. The fraction of sp³-hybridized carbons (Fsp3) is 0.300. The van der Waals surface area contributed by atoms with Gasteiger partial charge in [-0.25, -0.2) is 0 Å². The van der Waals surface area contributed by atoms with E-state index >= 15 is 0 Å². The fourth-order valence-electron chi connectivity index (χ4n) is 3.48. The molecule has 5 heteroatoms. The number of pyridine rings is 1. The number of aryl methyl sites for hydroxylation is 1. The van der Waals surface area contributed by atoms with Gasteiger partial charge in [0, 0.05) is 41.9 Å². The van der Waals surface area contributed by atoms with E-state index in [1.54, 1.807) is 0 Å². The van der Waals surface area contributed by atoms with E-state index in [9.17, 15) is 4.79 Å². The Morgan fingerprint density at radius 1 is 1.12 bits per heavy atom. The number of nitrogens with one attached hydrogen (secondary N) is 1. The normalized spacial score (nSPS) is 14.7. The number of amides is 1. The van der Waals surface area contributed by atoms with Crippen molar-refractivity contribution in [2.75, 3.05) is 23.3 Å². The van der Waals surface area contributed by atoms with E-state index in [1.165, 1.54) is 36.3 Å². The Hall–Kier alpha value is -2.40. The Labute approximate surface area is 151 Å². The number of anilines is 2. The molecule has 0 aliphatic carbocycles. The van der Waals surface area contributed by atoms with E-state index in [0.29, 0.717) is 0 Å². The first-order valence-corrected chi connectivity index (χ1v) is 9.59. The molecule has 1 amide bonds. The van der Waals surface area contributed by atoms with Crippen molar-refractivity contribution >= 4 is 39.4 Å². The molecule has 0 saturated carbocycles. The second kappa shape index (κ2) is 6.84. The first kappa shape index (κ1) is 16.1. The highest BCUT2D eigenvalue weighted by molar-refractivity contribution is 7.12. The van der Waals surface area contributed by atoms with Crippen molar-refractivity contribution in [1.29, 1.82) is 0 Å². The molecular weight excluding hydrogens is 330 g/mol. The first-order valence-electron chi connectivity index (χ1n) is 8.71. The number of nitrogens with zero attached hydrogens (tertiary/aromatic N) is 2.